The van der Waals surface area contributed by atoms with Crippen LogP contribution in [-0.2, 0) is 25.9 Å². The Balaban J connectivity index is 0.00000205. The van der Waals surface area contributed by atoms with Crippen LogP contribution in [0.3, 0.4) is 0 Å². The van der Waals surface area contributed by atoms with Crippen LogP contribution in [-0.4, -0.2) is 4.57 Å². The van der Waals surface area contributed by atoms with E-state index < -0.39 is 0 Å². The van der Waals surface area contributed by atoms with Crippen molar-refractivity contribution in [3.63, 3.8) is 0 Å². The number of aryl methyl sites for hydroxylation is 2. The van der Waals surface area contributed by atoms with Crippen molar-refractivity contribution in [1.82, 2.24) is 4.57 Å². The minimum Gasteiger partial charge on any atom is -1.00 e. The van der Waals surface area contributed by atoms with Gasteiger partial charge in [-0.05, 0) is 55.4 Å². The molecule has 2 nitrogen and oxygen atoms in total. The molecule has 5 rings (SSSR count). The zero-order valence-corrected chi connectivity index (χ0v) is 18.5. The van der Waals surface area contributed by atoms with E-state index in [9.17, 15) is 0 Å². The van der Waals surface area contributed by atoms with Crippen molar-refractivity contribution in [2.75, 3.05) is 0 Å². The molecule has 2 aromatic carbocycles. The molecular formula is C26H27BrN2. The van der Waals surface area contributed by atoms with Gasteiger partial charge in [-0.1, -0.05) is 42.5 Å². The Hall–Kier alpha value is -2.39. The molecule has 0 saturated carbocycles. The summed E-state index contributed by atoms with van der Waals surface area (Å²) >= 11 is 0. The Labute approximate surface area is 183 Å². The third-order valence-electron chi connectivity index (χ3n) is 6.20. The van der Waals surface area contributed by atoms with E-state index in [0.29, 0.717) is 0 Å². The van der Waals surface area contributed by atoms with E-state index in [-0.39, 0.29) is 17.0 Å². The van der Waals surface area contributed by atoms with E-state index in [1.54, 1.807) is 11.3 Å². The molecule has 0 radical (unpaired) electrons. The maximum atomic E-state index is 2.56. The molecule has 2 aromatic heterocycles. The highest BCUT2D eigenvalue weighted by Crippen LogP contribution is 2.32. The van der Waals surface area contributed by atoms with E-state index in [0.717, 1.165) is 13.1 Å². The molecule has 0 unspecified atom stereocenters. The second kappa shape index (κ2) is 8.54. The molecule has 29 heavy (non-hydrogen) atoms. The average Bonchev–Trinajstić information content (AvgIpc) is 3.05. The second-order valence-corrected chi connectivity index (χ2v) is 8.04. The molecule has 1 aliphatic carbocycles. The van der Waals surface area contributed by atoms with Gasteiger partial charge in [0.25, 0.3) is 0 Å². The average molecular weight is 447 g/mol. The number of nitrogens with zero attached hydrogens (tertiary/aromatic N) is 2. The molecule has 0 amide bonds. The summed E-state index contributed by atoms with van der Waals surface area (Å²) in [5.74, 6) is 0. The summed E-state index contributed by atoms with van der Waals surface area (Å²) in [6.45, 7) is 4.07. The fraction of sp³-hybridized carbons (Fsp3) is 0.269. The Kier molecular flexibility index (Phi) is 5.86. The van der Waals surface area contributed by atoms with Crippen LogP contribution in [0, 0.1) is 6.92 Å². The maximum absolute atomic E-state index is 2.56. The first-order valence-electron chi connectivity index (χ1n) is 10.4. The summed E-state index contributed by atoms with van der Waals surface area (Å²) in [4.78, 5) is 0. The summed E-state index contributed by atoms with van der Waals surface area (Å²) in [7, 11) is 0. The third-order valence-corrected chi connectivity index (χ3v) is 6.20. The third kappa shape index (κ3) is 3.89. The summed E-state index contributed by atoms with van der Waals surface area (Å²) in [5, 5.41) is 1.46. The summed E-state index contributed by atoms with van der Waals surface area (Å²) in [5.41, 5.74) is 8.65. The highest BCUT2D eigenvalue weighted by atomic mass is 79.9. The van der Waals surface area contributed by atoms with Crippen LogP contribution in [0.1, 0.15) is 40.8 Å². The topological polar surface area (TPSA) is 8.81 Å². The lowest BCUT2D eigenvalue weighted by molar-refractivity contribution is -0.688. The number of rotatable bonds is 4. The number of hydrogen-bond donors (Lipinski definition) is 0. The molecule has 0 N–H and O–H groups in total. The number of halogens is 1. The Morgan fingerprint density at radius 2 is 1.59 bits per heavy atom. The van der Waals surface area contributed by atoms with Crippen molar-refractivity contribution in [3.8, 4) is 0 Å². The van der Waals surface area contributed by atoms with Crippen molar-refractivity contribution < 1.29 is 21.5 Å². The Morgan fingerprint density at radius 3 is 2.41 bits per heavy atom. The van der Waals surface area contributed by atoms with Crippen LogP contribution in [0.5, 0.6) is 0 Å². The summed E-state index contributed by atoms with van der Waals surface area (Å²) in [6, 6.07) is 22.1. The predicted octanol–water partition coefficient (Wildman–Crippen LogP) is 2.22. The summed E-state index contributed by atoms with van der Waals surface area (Å²) < 4.78 is 4.83. The van der Waals surface area contributed by atoms with E-state index in [1.807, 2.05) is 0 Å². The molecule has 0 atom stereocenters. The standard InChI is InChI=1S/C26H27N2.BrH/c1-20-8-2-3-9-22(20)19-27-16-14-21(15-17-27)18-28-25-12-6-4-10-23(25)24-11-5-7-13-26(24)28;/h2-4,6,8-10,12,14-17H,5,7,11,13,18-19H2,1H3;1H/q+1;/p-1. The molecular weight excluding hydrogens is 420 g/mol. The minimum atomic E-state index is 0. The molecule has 3 heteroatoms. The van der Waals surface area contributed by atoms with Gasteiger partial charge < -0.3 is 21.5 Å². The van der Waals surface area contributed by atoms with Crippen molar-refractivity contribution in [1.29, 1.82) is 0 Å². The van der Waals surface area contributed by atoms with Crippen molar-refractivity contribution >= 4 is 10.9 Å². The molecule has 0 spiro atoms. The van der Waals surface area contributed by atoms with Crippen LogP contribution in [0.15, 0.2) is 73.1 Å². The number of hydrogen-bond acceptors (Lipinski definition) is 0. The first-order valence-corrected chi connectivity index (χ1v) is 10.4. The SMILES string of the molecule is Cc1ccccc1C[n+]1ccc(Cn2c3c(c4ccccc42)CCCC3)cc1.[Br-]. The van der Waals surface area contributed by atoms with Gasteiger partial charge in [0, 0.05) is 40.8 Å². The fourth-order valence-electron chi connectivity index (χ4n) is 4.63. The van der Waals surface area contributed by atoms with Crippen LogP contribution in [0.4, 0.5) is 0 Å². The van der Waals surface area contributed by atoms with E-state index >= 15 is 0 Å². The van der Waals surface area contributed by atoms with Crippen molar-refractivity contribution in [2.45, 2.75) is 45.7 Å². The zero-order valence-electron chi connectivity index (χ0n) is 16.9. The highest BCUT2D eigenvalue weighted by Gasteiger charge is 2.19. The van der Waals surface area contributed by atoms with Crippen LogP contribution >= 0.6 is 0 Å². The van der Waals surface area contributed by atoms with Gasteiger partial charge in [-0.3, -0.25) is 0 Å². The fourth-order valence-corrected chi connectivity index (χ4v) is 4.63. The largest absolute Gasteiger partial charge is 1.00 e. The molecule has 0 aliphatic heterocycles. The van der Waals surface area contributed by atoms with Gasteiger partial charge in [-0.2, -0.15) is 0 Å². The predicted molar refractivity (Wildman–Crippen MR) is 115 cm³/mol. The molecule has 1 aliphatic rings. The second-order valence-electron chi connectivity index (χ2n) is 8.04. The molecule has 0 fully saturated rings. The number of para-hydroxylation sites is 1. The van der Waals surface area contributed by atoms with E-state index in [2.05, 4.69) is 89.1 Å². The van der Waals surface area contributed by atoms with E-state index in [4.69, 9.17) is 0 Å². The maximum Gasteiger partial charge on any atom is 0.174 e. The lowest BCUT2D eigenvalue weighted by Crippen LogP contribution is -3.00. The van der Waals surface area contributed by atoms with Crippen LogP contribution < -0.4 is 21.5 Å². The molecule has 2 heterocycles. The smallest absolute Gasteiger partial charge is 0.174 e. The molecule has 148 valence electrons. The van der Waals surface area contributed by atoms with Gasteiger partial charge in [0.1, 0.15) is 0 Å². The van der Waals surface area contributed by atoms with Gasteiger partial charge >= 0.3 is 0 Å². The van der Waals surface area contributed by atoms with Crippen LogP contribution in [0.2, 0.25) is 0 Å². The zero-order chi connectivity index (χ0) is 18.9. The number of pyridine rings is 1. The van der Waals surface area contributed by atoms with Gasteiger partial charge in [0.05, 0.1) is 0 Å². The molecule has 0 bridgehead atoms. The van der Waals surface area contributed by atoms with Gasteiger partial charge in [-0.15, -0.1) is 0 Å². The van der Waals surface area contributed by atoms with Crippen LogP contribution in [0.25, 0.3) is 10.9 Å². The first kappa shape index (κ1) is 19.9. The lowest BCUT2D eigenvalue weighted by atomic mass is 9.95. The highest BCUT2D eigenvalue weighted by molar-refractivity contribution is 5.86. The molecule has 0 saturated heterocycles. The van der Waals surface area contributed by atoms with Gasteiger partial charge in [-0.25, -0.2) is 4.57 Å². The Bertz CT molecular complexity index is 1130. The van der Waals surface area contributed by atoms with E-state index in [1.165, 1.54) is 53.3 Å². The Morgan fingerprint density at radius 1 is 0.862 bits per heavy atom. The normalized spacial score (nSPS) is 13.1. The van der Waals surface area contributed by atoms with Gasteiger partial charge in [0.15, 0.2) is 18.9 Å². The van der Waals surface area contributed by atoms with Crippen molar-refractivity contribution in [2.24, 2.45) is 0 Å². The molecule has 4 aromatic rings. The first-order chi connectivity index (χ1) is 13.8. The minimum absolute atomic E-state index is 0. The van der Waals surface area contributed by atoms with Crippen molar-refractivity contribution in [3.05, 3.63) is 101 Å². The van der Waals surface area contributed by atoms with Gasteiger partial charge in [0.2, 0.25) is 0 Å². The lowest BCUT2D eigenvalue weighted by Gasteiger charge is -2.16. The number of fused-ring (bicyclic) bond motifs is 3. The quantitative estimate of drug-likeness (QED) is 0.425. The monoisotopic (exact) mass is 446 g/mol. The number of aromatic nitrogens is 2. The number of benzene rings is 2. The summed E-state index contributed by atoms with van der Waals surface area (Å²) in [6.07, 6.45) is 9.53.